The number of aryl methyl sites for hydroxylation is 2. The van der Waals surface area contributed by atoms with Crippen molar-refractivity contribution in [3.05, 3.63) is 57.8 Å². The number of benzene rings is 1. The average Bonchev–Trinajstić information content (AvgIpc) is 2.74. The Morgan fingerprint density at radius 1 is 1.25 bits per heavy atom. The molecule has 0 aliphatic heterocycles. The van der Waals surface area contributed by atoms with Crippen molar-refractivity contribution in [2.75, 3.05) is 0 Å². The summed E-state index contributed by atoms with van der Waals surface area (Å²) in [4.78, 5) is 13.0. The quantitative estimate of drug-likeness (QED) is 0.729. The highest BCUT2D eigenvalue weighted by Gasteiger charge is 2.07. The van der Waals surface area contributed by atoms with E-state index in [1.165, 1.54) is 10.4 Å². The van der Waals surface area contributed by atoms with Crippen LogP contribution in [-0.2, 0) is 6.42 Å². The topological polar surface area (TPSA) is 17.1 Å². The van der Waals surface area contributed by atoms with E-state index in [2.05, 4.69) is 12.1 Å². The summed E-state index contributed by atoms with van der Waals surface area (Å²) in [5, 5.41) is 1.95. The average molecular weight is 230 g/mol. The maximum absolute atomic E-state index is 11.8. The monoisotopic (exact) mass is 230 g/mol. The number of rotatable bonds is 4. The van der Waals surface area contributed by atoms with Crippen molar-refractivity contribution in [2.24, 2.45) is 0 Å². The molecule has 0 aliphatic rings. The van der Waals surface area contributed by atoms with Crippen molar-refractivity contribution >= 4 is 17.1 Å². The Bertz CT molecular complexity index is 470. The fourth-order valence-corrected chi connectivity index (χ4v) is 2.34. The minimum absolute atomic E-state index is 0.244. The van der Waals surface area contributed by atoms with Gasteiger partial charge >= 0.3 is 0 Å². The van der Waals surface area contributed by atoms with Gasteiger partial charge in [0.1, 0.15) is 0 Å². The SMILES string of the molecule is Cc1cc(C(=O)CCc2ccccc2)cs1. The van der Waals surface area contributed by atoms with Gasteiger partial charge in [-0.1, -0.05) is 30.3 Å². The summed E-state index contributed by atoms with van der Waals surface area (Å²) in [6.07, 6.45) is 1.43. The lowest BCUT2D eigenvalue weighted by Gasteiger charge is -1.99. The van der Waals surface area contributed by atoms with Crippen molar-refractivity contribution < 1.29 is 4.79 Å². The molecule has 1 heterocycles. The van der Waals surface area contributed by atoms with Crippen molar-refractivity contribution in [1.82, 2.24) is 0 Å². The zero-order valence-electron chi connectivity index (χ0n) is 9.27. The zero-order valence-corrected chi connectivity index (χ0v) is 10.1. The fraction of sp³-hybridized carbons (Fsp3) is 0.214. The number of Topliss-reactive ketones (excluding diaryl/α,β-unsaturated/α-hetero) is 1. The molecule has 0 fully saturated rings. The van der Waals surface area contributed by atoms with Crippen LogP contribution in [-0.4, -0.2) is 5.78 Å². The first-order chi connectivity index (χ1) is 7.75. The number of hydrogen-bond donors (Lipinski definition) is 0. The number of carbonyl (C=O) groups is 1. The molecule has 0 spiro atoms. The summed E-state index contributed by atoms with van der Waals surface area (Å²) >= 11 is 1.63. The van der Waals surface area contributed by atoms with Crippen LogP contribution >= 0.6 is 11.3 Å². The number of hydrogen-bond acceptors (Lipinski definition) is 2. The highest BCUT2D eigenvalue weighted by molar-refractivity contribution is 7.10. The molecule has 0 unspecified atom stereocenters. The number of thiophene rings is 1. The van der Waals surface area contributed by atoms with Gasteiger partial charge in [-0.05, 0) is 25.0 Å². The van der Waals surface area contributed by atoms with Crippen LogP contribution in [0.4, 0.5) is 0 Å². The largest absolute Gasteiger partial charge is 0.294 e. The maximum atomic E-state index is 11.8. The van der Waals surface area contributed by atoms with Crippen LogP contribution in [0.5, 0.6) is 0 Å². The highest BCUT2D eigenvalue weighted by atomic mass is 32.1. The van der Waals surface area contributed by atoms with Crippen LogP contribution in [0, 0.1) is 6.92 Å². The molecule has 1 aromatic carbocycles. The molecule has 0 aliphatic carbocycles. The minimum atomic E-state index is 0.244. The van der Waals surface area contributed by atoms with Crippen LogP contribution in [0.1, 0.15) is 27.2 Å². The summed E-state index contributed by atoms with van der Waals surface area (Å²) in [5.41, 5.74) is 2.08. The molecular weight excluding hydrogens is 216 g/mol. The Hall–Kier alpha value is -1.41. The Morgan fingerprint density at radius 2 is 2.00 bits per heavy atom. The molecule has 0 N–H and O–H groups in total. The number of carbonyl (C=O) groups excluding carboxylic acids is 1. The molecule has 0 saturated carbocycles. The van der Waals surface area contributed by atoms with Gasteiger partial charge in [-0.3, -0.25) is 4.79 Å². The van der Waals surface area contributed by atoms with Gasteiger partial charge in [-0.15, -0.1) is 11.3 Å². The lowest BCUT2D eigenvalue weighted by atomic mass is 10.0. The lowest BCUT2D eigenvalue weighted by Crippen LogP contribution is -1.99. The second kappa shape index (κ2) is 5.08. The first-order valence-electron chi connectivity index (χ1n) is 5.38. The molecule has 0 radical (unpaired) electrons. The van der Waals surface area contributed by atoms with Gasteiger partial charge in [0.05, 0.1) is 0 Å². The summed E-state index contributed by atoms with van der Waals surface area (Å²) in [7, 11) is 0. The van der Waals surface area contributed by atoms with Crippen LogP contribution < -0.4 is 0 Å². The second-order valence-corrected chi connectivity index (χ2v) is 4.97. The van der Waals surface area contributed by atoms with E-state index in [4.69, 9.17) is 0 Å². The van der Waals surface area contributed by atoms with E-state index in [9.17, 15) is 4.79 Å². The molecule has 2 rings (SSSR count). The van der Waals surface area contributed by atoms with Gasteiger partial charge in [0.2, 0.25) is 0 Å². The molecule has 82 valence electrons. The maximum Gasteiger partial charge on any atom is 0.164 e. The zero-order chi connectivity index (χ0) is 11.4. The third kappa shape index (κ3) is 2.80. The summed E-state index contributed by atoms with van der Waals surface area (Å²) in [6.45, 7) is 2.03. The fourth-order valence-electron chi connectivity index (χ4n) is 1.64. The van der Waals surface area contributed by atoms with Gasteiger partial charge in [0.25, 0.3) is 0 Å². The smallest absolute Gasteiger partial charge is 0.164 e. The summed E-state index contributed by atoms with van der Waals surface area (Å²) < 4.78 is 0. The van der Waals surface area contributed by atoms with E-state index in [1.54, 1.807) is 11.3 Å². The van der Waals surface area contributed by atoms with Crippen LogP contribution in [0.2, 0.25) is 0 Å². The molecule has 2 heteroatoms. The van der Waals surface area contributed by atoms with Crippen molar-refractivity contribution in [3.8, 4) is 0 Å². The Balaban J connectivity index is 1.94. The van der Waals surface area contributed by atoms with E-state index in [0.29, 0.717) is 6.42 Å². The van der Waals surface area contributed by atoms with Crippen molar-refractivity contribution in [1.29, 1.82) is 0 Å². The summed E-state index contributed by atoms with van der Waals surface area (Å²) in [5.74, 6) is 0.244. The standard InChI is InChI=1S/C14H14OS/c1-11-9-13(10-16-11)14(15)8-7-12-5-3-2-4-6-12/h2-6,9-10H,7-8H2,1H3. The summed E-state index contributed by atoms with van der Waals surface area (Å²) in [6, 6.07) is 12.1. The van der Waals surface area contributed by atoms with Crippen molar-refractivity contribution in [2.45, 2.75) is 19.8 Å². The van der Waals surface area contributed by atoms with E-state index < -0.39 is 0 Å². The van der Waals surface area contributed by atoms with E-state index in [1.807, 2.05) is 36.6 Å². The van der Waals surface area contributed by atoms with E-state index in [0.717, 1.165) is 12.0 Å². The Labute approximate surface area is 99.8 Å². The minimum Gasteiger partial charge on any atom is -0.294 e. The highest BCUT2D eigenvalue weighted by Crippen LogP contribution is 2.15. The normalized spacial score (nSPS) is 10.3. The molecule has 0 bridgehead atoms. The van der Waals surface area contributed by atoms with Gasteiger partial charge in [0, 0.05) is 22.2 Å². The van der Waals surface area contributed by atoms with Crippen molar-refractivity contribution in [3.63, 3.8) is 0 Å². The van der Waals surface area contributed by atoms with Crippen LogP contribution in [0.3, 0.4) is 0 Å². The van der Waals surface area contributed by atoms with Gasteiger partial charge in [-0.25, -0.2) is 0 Å². The molecule has 0 atom stereocenters. The van der Waals surface area contributed by atoms with Crippen LogP contribution in [0.25, 0.3) is 0 Å². The Kier molecular flexibility index (Phi) is 3.52. The molecule has 0 saturated heterocycles. The molecule has 1 nitrogen and oxygen atoms in total. The third-order valence-electron chi connectivity index (χ3n) is 2.54. The first-order valence-corrected chi connectivity index (χ1v) is 6.26. The van der Waals surface area contributed by atoms with Gasteiger partial charge in [0.15, 0.2) is 5.78 Å². The molecule has 1 aromatic heterocycles. The van der Waals surface area contributed by atoms with Gasteiger partial charge in [-0.2, -0.15) is 0 Å². The second-order valence-electron chi connectivity index (χ2n) is 3.85. The van der Waals surface area contributed by atoms with Crippen LogP contribution in [0.15, 0.2) is 41.8 Å². The third-order valence-corrected chi connectivity index (χ3v) is 3.40. The molecular formula is C14H14OS. The predicted octanol–water partition coefficient (Wildman–Crippen LogP) is 3.87. The molecule has 2 aromatic rings. The molecule has 16 heavy (non-hydrogen) atoms. The Morgan fingerprint density at radius 3 is 2.62 bits per heavy atom. The van der Waals surface area contributed by atoms with E-state index >= 15 is 0 Å². The van der Waals surface area contributed by atoms with Gasteiger partial charge < -0.3 is 0 Å². The number of ketones is 1. The van der Waals surface area contributed by atoms with E-state index in [-0.39, 0.29) is 5.78 Å². The first kappa shape index (κ1) is 11.1. The predicted molar refractivity (Wildman–Crippen MR) is 68.1 cm³/mol. The molecule has 0 amide bonds. The lowest BCUT2D eigenvalue weighted by molar-refractivity contribution is 0.0983.